The molecule has 0 aliphatic carbocycles. The lowest BCUT2D eigenvalue weighted by molar-refractivity contribution is -0.139. The number of methoxy groups -OCH3 is 1. The highest BCUT2D eigenvalue weighted by Gasteiger charge is 2.33. The molecule has 2 amide bonds. The van der Waals surface area contributed by atoms with Crippen molar-refractivity contribution in [2.75, 3.05) is 18.0 Å². The average Bonchev–Trinajstić information content (AvgIpc) is 2.90. The fourth-order valence-corrected chi connectivity index (χ4v) is 5.78. The Morgan fingerprint density at radius 2 is 1.64 bits per heavy atom. The van der Waals surface area contributed by atoms with E-state index in [1.54, 1.807) is 25.1 Å². The minimum absolute atomic E-state index is 0.00907. The Kier molecular flexibility index (Phi) is 10.4. The summed E-state index contributed by atoms with van der Waals surface area (Å²) in [6.07, 6.45) is 0. The van der Waals surface area contributed by atoms with E-state index in [-0.39, 0.29) is 34.1 Å². The van der Waals surface area contributed by atoms with E-state index in [1.165, 1.54) is 42.3 Å². The number of hydrogen-bond acceptors (Lipinski definition) is 5. The molecule has 3 aromatic carbocycles. The molecule has 1 atom stereocenters. The smallest absolute Gasteiger partial charge is 0.264 e. The first kappa shape index (κ1) is 30.5. The van der Waals surface area contributed by atoms with E-state index in [0.717, 1.165) is 14.3 Å². The Morgan fingerprint density at radius 1 is 1.00 bits per heavy atom. The summed E-state index contributed by atoms with van der Waals surface area (Å²) in [4.78, 5) is 28.2. The molecule has 0 aliphatic heterocycles. The molecule has 3 rings (SSSR count). The summed E-state index contributed by atoms with van der Waals surface area (Å²) in [6, 6.07) is 18.6. The first-order valence-electron chi connectivity index (χ1n) is 12.2. The van der Waals surface area contributed by atoms with Crippen molar-refractivity contribution >= 4 is 55.1 Å². The summed E-state index contributed by atoms with van der Waals surface area (Å²) >= 11 is 9.73. The monoisotopic (exact) mass is 635 g/mol. The number of carbonyl (C=O) groups is 2. The molecule has 11 heteroatoms. The number of halogens is 2. The highest BCUT2D eigenvalue weighted by atomic mass is 79.9. The Balaban J connectivity index is 2.05. The van der Waals surface area contributed by atoms with Crippen LogP contribution < -0.4 is 14.4 Å². The number of nitrogens with zero attached hydrogens (tertiary/aromatic N) is 2. The van der Waals surface area contributed by atoms with Crippen molar-refractivity contribution in [3.63, 3.8) is 0 Å². The topological polar surface area (TPSA) is 96.0 Å². The Bertz CT molecular complexity index is 1400. The Hall–Kier alpha value is -3.08. The maximum atomic E-state index is 13.9. The molecule has 0 bridgehead atoms. The van der Waals surface area contributed by atoms with E-state index in [0.29, 0.717) is 5.75 Å². The molecule has 0 heterocycles. The number of rotatable bonds is 11. The highest BCUT2D eigenvalue weighted by molar-refractivity contribution is 9.10. The van der Waals surface area contributed by atoms with Crippen LogP contribution in [-0.2, 0) is 26.2 Å². The third-order valence-corrected chi connectivity index (χ3v) is 8.51. The van der Waals surface area contributed by atoms with Gasteiger partial charge in [0.25, 0.3) is 10.0 Å². The normalized spacial score (nSPS) is 12.1. The largest absolute Gasteiger partial charge is 0.495 e. The van der Waals surface area contributed by atoms with Crippen molar-refractivity contribution in [1.82, 2.24) is 10.2 Å². The molecule has 39 heavy (non-hydrogen) atoms. The molecular formula is C28H31BrClN3O5S. The average molecular weight is 637 g/mol. The van der Waals surface area contributed by atoms with E-state index >= 15 is 0 Å². The molecule has 0 fully saturated rings. The summed E-state index contributed by atoms with van der Waals surface area (Å²) in [6.45, 7) is 4.81. The zero-order valence-electron chi connectivity index (χ0n) is 22.1. The van der Waals surface area contributed by atoms with Crippen LogP contribution >= 0.6 is 27.5 Å². The fraction of sp³-hybridized carbons (Fsp3) is 0.286. The molecule has 0 aromatic heterocycles. The number of benzene rings is 3. The van der Waals surface area contributed by atoms with E-state index in [1.807, 2.05) is 38.1 Å². The lowest BCUT2D eigenvalue weighted by Gasteiger charge is -2.32. The molecule has 3 aromatic rings. The number of sulfonamides is 1. The minimum Gasteiger partial charge on any atom is -0.495 e. The van der Waals surface area contributed by atoms with Crippen LogP contribution in [0.1, 0.15) is 26.3 Å². The van der Waals surface area contributed by atoms with Crippen LogP contribution in [0.3, 0.4) is 0 Å². The summed E-state index contributed by atoms with van der Waals surface area (Å²) in [5.74, 6) is -0.546. The van der Waals surface area contributed by atoms with Crippen LogP contribution in [-0.4, -0.2) is 50.9 Å². The first-order chi connectivity index (χ1) is 18.4. The lowest BCUT2D eigenvalue weighted by Crippen LogP contribution is -2.52. The van der Waals surface area contributed by atoms with Crippen molar-refractivity contribution in [2.45, 2.75) is 44.3 Å². The van der Waals surface area contributed by atoms with Crippen LogP contribution in [0.25, 0.3) is 0 Å². The Labute approximate surface area is 243 Å². The van der Waals surface area contributed by atoms with Gasteiger partial charge in [0.1, 0.15) is 18.3 Å². The van der Waals surface area contributed by atoms with Gasteiger partial charge >= 0.3 is 0 Å². The molecule has 0 unspecified atom stereocenters. The maximum Gasteiger partial charge on any atom is 0.264 e. The van der Waals surface area contributed by atoms with Crippen LogP contribution in [0.15, 0.2) is 82.2 Å². The quantitative estimate of drug-likeness (QED) is 0.310. The van der Waals surface area contributed by atoms with Gasteiger partial charge in [-0.1, -0.05) is 57.9 Å². The van der Waals surface area contributed by atoms with Gasteiger partial charge in [-0.3, -0.25) is 13.9 Å². The summed E-state index contributed by atoms with van der Waals surface area (Å²) in [7, 11) is -2.73. The van der Waals surface area contributed by atoms with Gasteiger partial charge in [0.05, 0.1) is 22.7 Å². The molecule has 0 saturated carbocycles. The van der Waals surface area contributed by atoms with Gasteiger partial charge in [0, 0.05) is 17.1 Å². The summed E-state index contributed by atoms with van der Waals surface area (Å²) in [5, 5.41) is 3.02. The number of ether oxygens (including phenoxy) is 1. The van der Waals surface area contributed by atoms with Crippen LogP contribution in [0.5, 0.6) is 5.75 Å². The second kappa shape index (κ2) is 13.3. The van der Waals surface area contributed by atoms with Gasteiger partial charge in [-0.15, -0.1) is 0 Å². The fourth-order valence-electron chi connectivity index (χ4n) is 3.83. The highest BCUT2D eigenvalue weighted by Crippen LogP contribution is 2.32. The summed E-state index contributed by atoms with van der Waals surface area (Å²) < 4.78 is 34.7. The van der Waals surface area contributed by atoms with Crippen molar-refractivity contribution in [2.24, 2.45) is 0 Å². The molecule has 0 saturated heterocycles. The molecule has 0 radical (unpaired) electrons. The number of anilines is 1. The predicted octanol–water partition coefficient (Wildman–Crippen LogP) is 5.25. The first-order valence-corrected chi connectivity index (χ1v) is 14.8. The molecule has 0 spiro atoms. The zero-order valence-corrected chi connectivity index (χ0v) is 25.3. The molecule has 208 valence electrons. The van der Waals surface area contributed by atoms with Crippen molar-refractivity contribution in [1.29, 1.82) is 0 Å². The van der Waals surface area contributed by atoms with Crippen LogP contribution in [0, 0.1) is 0 Å². The molecule has 0 aliphatic rings. The third-order valence-electron chi connectivity index (χ3n) is 5.90. The van der Waals surface area contributed by atoms with E-state index < -0.39 is 28.5 Å². The van der Waals surface area contributed by atoms with Gasteiger partial charge in [0.2, 0.25) is 11.8 Å². The number of hydrogen-bond donors (Lipinski definition) is 1. The van der Waals surface area contributed by atoms with Gasteiger partial charge in [-0.2, -0.15) is 0 Å². The molecular weight excluding hydrogens is 606 g/mol. The predicted molar refractivity (Wildman–Crippen MR) is 156 cm³/mol. The van der Waals surface area contributed by atoms with Gasteiger partial charge in [-0.25, -0.2) is 8.42 Å². The zero-order chi connectivity index (χ0) is 28.7. The summed E-state index contributed by atoms with van der Waals surface area (Å²) in [5.41, 5.74) is 0.960. The number of amides is 2. The Morgan fingerprint density at radius 3 is 2.21 bits per heavy atom. The standard InChI is InChI=1S/C28H31BrClN3O5S/c1-19(2)31-28(35)20(3)32(17-21-10-12-22(29)13-11-21)27(34)18-33(23-14-15-26(38-4)25(30)16-23)39(36,37)24-8-6-5-7-9-24/h5-16,19-20H,17-18H2,1-4H3,(H,31,35)/t20-/m1/s1. The second-order valence-electron chi connectivity index (χ2n) is 9.13. The van der Waals surface area contributed by atoms with E-state index in [9.17, 15) is 18.0 Å². The lowest BCUT2D eigenvalue weighted by atomic mass is 10.1. The second-order valence-corrected chi connectivity index (χ2v) is 12.3. The van der Waals surface area contributed by atoms with Crippen molar-refractivity contribution in [3.05, 3.63) is 87.9 Å². The van der Waals surface area contributed by atoms with Gasteiger partial charge < -0.3 is 15.0 Å². The molecule has 8 nitrogen and oxygen atoms in total. The maximum absolute atomic E-state index is 13.9. The van der Waals surface area contributed by atoms with Crippen molar-refractivity contribution in [3.8, 4) is 5.75 Å². The van der Waals surface area contributed by atoms with Gasteiger partial charge in [-0.05, 0) is 68.8 Å². The van der Waals surface area contributed by atoms with Crippen LogP contribution in [0.4, 0.5) is 5.69 Å². The molecule has 1 N–H and O–H groups in total. The minimum atomic E-state index is -4.18. The van der Waals surface area contributed by atoms with Crippen molar-refractivity contribution < 1.29 is 22.7 Å². The third kappa shape index (κ3) is 7.74. The number of carbonyl (C=O) groups excluding carboxylic acids is 2. The number of nitrogens with one attached hydrogen (secondary N) is 1. The van der Waals surface area contributed by atoms with E-state index in [4.69, 9.17) is 16.3 Å². The van der Waals surface area contributed by atoms with E-state index in [2.05, 4.69) is 21.2 Å². The van der Waals surface area contributed by atoms with Gasteiger partial charge in [0.15, 0.2) is 0 Å². The van der Waals surface area contributed by atoms with Crippen LogP contribution in [0.2, 0.25) is 5.02 Å². The SMILES string of the molecule is COc1ccc(N(CC(=O)N(Cc2ccc(Br)cc2)[C@H](C)C(=O)NC(C)C)S(=O)(=O)c2ccccc2)cc1Cl.